The number of hydrogen-bond donors (Lipinski definition) is 3. The highest BCUT2D eigenvalue weighted by molar-refractivity contribution is 5.08. The third-order valence-corrected chi connectivity index (χ3v) is 3.37. The highest BCUT2D eigenvalue weighted by Gasteiger charge is 2.51. The minimum atomic E-state index is 0.00965. The summed E-state index contributed by atoms with van der Waals surface area (Å²) in [7, 11) is 0. The predicted molar refractivity (Wildman–Crippen MR) is 49.9 cm³/mol. The van der Waals surface area contributed by atoms with Crippen LogP contribution in [0.1, 0.15) is 26.7 Å². The van der Waals surface area contributed by atoms with Crippen LogP contribution in [0, 0.1) is 5.41 Å². The molecule has 0 aromatic rings. The number of nitrogens with one attached hydrogen (secondary N) is 1. The molecule has 1 aliphatic rings. The molecule has 0 saturated heterocycles. The number of nitrogens with two attached hydrogens (primary N) is 1. The maximum Gasteiger partial charge on any atom is 0.0556 e. The van der Waals surface area contributed by atoms with Gasteiger partial charge in [-0.25, -0.2) is 0 Å². The Bertz CT molecular complexity index is 157. The van der Waals surface area contributed by atoms with Crippen molar-refractivity contribution in [2.45, 2.75) is 32.2 Å². The molecule has 12 heavy (non-hydrogen) atoms. The number of β-amino-alcohol motifs (C(OH)–C–C–N with tert-alkyl or cyclic N) is 1. The van der Waals surface area contributed by atoms with Crippen LogP contribution in [-0.2, 0) is 0 Å². The molecule has 0 aromatic heterocycles. The van der Waals surface area contributed by atoms with Crippen molar-refractivity contribution in [3.63, 3.8) is 0 Å². The van der Waals surface area contributed by atoms with Crippen molar-refractivity contribution in [3.05, 3.63) is 0 Å². The molecule has 1 aliphatic carbocycles. The van der Waals surface area contributed by atoms with Gasteiger partial charge in [0.15, 0.2) is 0 Å². The van der Waals surface area contributed by atoms with Gasteiger partial charge in [-0.3, -0.25) is 0 Å². The molecule has 0 amide bonds. The Morgan fingerprint density at radius 3 is 2.50 bits per heavy atom. The molecule has 3 heteroatoms. The molecular weight excluding hydrogens is 152 g/mol. The molecule has 1 saturated carbocycles. The highest BCUT2D eigenvalue weighted by Crippen LogP contribution is 2.53. The quantitative estimate of drug-likeness (QED) is 0.550. The zero-order chi connectivity index (χ0) is 9.24. The van der Waals surface area contributed by atoms with Crippen LogP contribution in [-0.4, -0.2) is 30.3 Å². The zero-order valence-corrected chi connectivity index (χ0v) is 8.06. The molecule has 1 atom stereocenters. The van der Waals surface area contributed by atoms with Crippen LogP contribution in [0.2, 0.25) is 0 Å². The predicted octanol–water partition coefficient (Wildman–Crippen LogP) is 0.0858. The Balaban J connectivity index is 2.50. The van der Waals surface area contributed by atoms with Gasteiger partial charge >= 0.3 is 0 Å². The lowest BCUT2D eigenvalue weighted by Crippen LogP contribution is -2.55. The summed E-state index contributed by atoms with van der Waals surface area (Å²) < 4.78 is 0. The highest BCUT2D eigenvalue weighted by atomic mass is 16.3. The molecule has 0 spiro atoms. The number of rotatable bonds is 5. The molecule has 0 heterocycles. The average Bonchev–Trinajstić information content (AvgIpc) is 2.81. The Morgan fingerprint density at radius 1 is 1.58 bits per heavy atom. The van der Waals surface area contributed by atoms with E-state index in [1.807, 2.05) is 0 Å². The van der Waals surface area contributed by atoms with E-state index in [0.717, 1.165) is 0 Å². The largest absolute Gasteiger partial charge is 0.395 e. The molecule has 72 valence electrons. The third-order valence-electron chi connectivity index (χ3n) is 3.37. The number of aliphatic hydroxyl groups excluding tert-OH is 1. The van der Waals surface area contributed by atoms with Crippen molar-refractivity contribution in [2.75, 3.05) is 19.7 Å². The monoisotopic (exact) mass is 172 g/mol. The molecule has 1 unspecified atom stereocenters. The van der Waals surface area contributed by atoms with E-state index in [9.17, 15) is 0 Å². The lowest BCUT2D eigenvalue weighted by molar-refractivity contribution is 0.203. The van der Waals surface area contributed by atoms with Gasteiger partial charge in [0.25, 0.3) is 0 Å². The lowest BCUT2D eigenvalue weighted by atomic mass is 9.84. The maximum absolute atomic E-state index is 8.71. The summed E-state index contributed by atoms with van der Waals surface area (Å²) in [5.41, 5.74) is 6.10. The van der Waals surface area contributed by atoms with E-state index in [0.29, 0.717) is 18.5 Å². The van der Waals surface area contributed by atoms with E-state index in [1.54, 1.807) is 0 Å². The number of aliphatic hydroxyl groups is 1. The Kier molecular flexibility index (Phi) is 2.76. The average molecular weight is 172 g/mol. The van der Waals surface area contributed by atoms with Gasteiger partial charge in [0.1, 0.15) is 0 Å². The fourth-order valence-corrected chi connectivity index (χ4v) is 1.60. The maximum atomic E-state index is 8.71. The van der Waals surface area contributed by atoms with Gasteiger partial charge in [0.05, 0.1) is 6.61 Å². The minimum absolute atomic E-state index is 0.00965. The van der Waals surface area contributed by atoms with Gasteiger partial charge in [-0.15, -0.1) is 0 Å². The molecular formula is C9H20N2O. The first-order valence-electron chi connectivity index (χ1n) is 4.64. The van der Waals surface area contributed by atoms with E-state index in [2.05, 4.69) is 19.2 Å². The Morgan fingerprint density at radius 2 is 2.17 bits per heavy atom. The van der Waals surface area contributed by atoms with Crippen molar-refractivity contribution in [2.24, 2.45) is 11.1 Å². The molecule has 0 bridgehead atoms. The minimum Gasteiger partial charge on any atom is -0.395 e. The van der Waals surface area contributed by atoms with Crippen LogP contribution >= 0.6 is 0 Å². The molecule has 4 N–H and O–H groups in total. The molecule has 1 fully saturated rings. The van der Waals surface area contributed by atoms with Gasteiger partial charge in [-0.1, -0.05) is 6.92 Å². The van der Waals surface area contributed by atoms with Crippen LogP contribution in [0.3, 0.4) is 0 Å². The van der Waals surface area contributed by atoms with Gasteiger partial charge in [-0.2, -0.15) is 0 Å². The summed E-state index contributed by atoms with van der Waals surface area (Å²) >= 11 is 0. The number of hydrogen-bond acceptors (Lipinski definition) is 3. The first-order valence-corrected chi connectivity index (χ1v) is 4.64. The topological polar surface area (TPSA) is 58.3 Å². The third kappa shape index (κ3) is 1.63. The smallest absolute Gasteiger partial charge is 0.0556 e. The van der Waals surface area contributed by atoms with Crippen LogP contribution < -0.4 is 11.1 Å². The van der Waals surface area contributed by atoms with Crippen LogP contribution in [0.4, 0.5) is 0 Å². The summed E-state index contributed by atoms with van der Waals surface area (Å²) in [6.45, 7) is 5.87. The van der Waals surface area contributed by atoms with Crippen molar-refractivity contribution >= 4 is 0 Å². The Hall–Kier alpha value is -0.120. The van der Waals surface area contributed by atoms with E-state index >= 15 is 0 Å². The molecule has 0 aromatic carbocycles. The summed E-state index contributed by atoms with van der Waals surface area (Å²) in [5.74, 6) is 0. The van der Waals surface area contributed by atoms with Crippen LogP contribution in [0.5, 0.6) is 0 Å². The second-order valence-electron chi connectivity index (χ2n) is 4.25. The van der Waals surface area contributed by atoms with Crippen molar-refractivity contribution in [1.82, 2.24) is 5.32 Å². The molecule has 0 radical (unpaired) electrons. The molecule has 3 nitrogen and oxygen atoms in total. The SMILES string of the molecule is CC1(C(C)(CN)NCCO)CC1. The van der Waals surface area contributed by atoms with E-state index in [-0.39, 0.29) is 12.1 Å². The van der Waals surface area contributed by atoms with Gasteiger partial charge < -0.3 is 16.2 Å². The van der Waals surface area contributed by atoms with Crippen LogP contribution in [0.25, 0.3) is 0 Å². The van der Waals surface area contributed by atoms with Crippen LogP contribution in [0.15, 0.2) is 0 Å². The van der Waals surface area contributed by atoms with Crippen molar-refractivity contribution in [3.8, 4) is 0 Å². The first-order chi connectivity index (χ1) is 5.58. The first kappa shape index (κ1) is 9.96. The van der Waals surface area contributed by atoms with Crippen molar-refractivity contribution in [1.29, 1.82) is 0 Å². The summed E-state index contributed by atoms with van der Waals surface area (Å²) in [6, 6.07) is 0. The van der Waals surface area contributed by atoms with E-state index < -0.39 is 0 Å². The molecule has 0 aliphatic heterocycles. The fraction of sp³-hybridized carbons (Fsp3) is 1.00. The van der Waals surface area contributed by atoms with Gasteiger partial charge in [-0.05, 0) is 25.2 Å². The van der Waals surface area contributed by atoms with Gasteiger partial charge in [0.2, 0.25) is 0 Å². The summed E-state index contributed by atoms with van der Waals surface area (Å²) in [4.78, 5) is 0. The standard InChI is InChI=1S/C9H20N2O/c1-8(3-4-8)9(2,7-10)11-5-6-12/h11-12H,3-7,10H2,1-2H3. The zero-order valence-electron chi connectivity index (χ0n) is 8.06. The lowest BCUT2D eigenvalue weighted by Gasteiger charge is -2.36. The normalized spacial score (nSPS) is 25.0. The van der Waals surface area contributed by atoms with Gasteiger partial charge in [0, 0.05) is 18.6 Å². The second-order valence-corrected chi connectivity index (χ2v) is 4.25. The van der Waals surface area contributed by atoms with Crippen molar-refractivity contribution < 1.29 is 5.11 Å². The Labute approximate surface area is 74.3 Å². The summed E-state index contributed by atoms with van der Waals surface area (Å²) in [5, 5.41) is 12.0. The second kappa shape index (κ2) is 3.32. The van der Waals surface area contributed by atoms with E-state index in [4.69, 9.17) is 10.8 Å². The molecule has 1 rings (SSSR count). The fourth-order valence-electron chi connectivity index (χ4n) is 1.60. The summed E-state index contributed by atoms with van der Waals surface area (Å²) in [6.07, 6.45) is 2.50. The van der Waals surface area contributed by atoms with E-state index in [1.165, 1.54) is 12.8 Å².